The minimum Gasteiger partial charge on any atom is -0.460 e. The highest BCUT2D eigenvalue weighted by Gasteiger charge is 2.49. The molecule has 0 radical (unpaired) electrons. The molecule has 2 aliphatic rings. The van der Waals surface area contributed by atoms with Crippen molar-refractivity contribution in [2.75, 3.05) is 19.6 Å². The van der Waals surface area contributed by atoms with Gasteiger partial charge in [-0.3, -0.25) is 14.6 Å². The maximum absolute atomic E-state index is 12.7. The lowest BCUT2D eigenvalue weighted by molar-refractivity contribution is -0.149. The van der Waals surface area contributed by atoms with Crippen molar-refractivity contribution < 1.29 is 14.3 Å². The van der Waals surface area contributed by atoms with E-state index in [-0.39, 0.29) is 23.4 Å². The summed E-state index contributed by atoms with van der Waals surface area (Å²) >= 11 is 3.49. The second-order valence-corrected chi connectivity index (χ2v) is 7.82. The molecule has 26 heavy (non-hydrogen) atoms. The number of hydrogen-bond donors (Lipinski definition) is 2. The van der Waals surface area contributed by atoms with Gasteiger partial charge in [0.15, 0.2) is 0 Å². The van der Waals surface area contributed by atoms with Gasteiger partial charge in [0.1, 0.15) is 6.10 Å². The molecule has 2 N–H and O–H groups in total. The van der Waals surface area contributed by atoms with Crippen LogP contribution in [-0.2, 0) is 9.53 Å². The summed E-state index contributed by atoms with van der Waals surface area (Å²) in [5, 5.41) is 7.07. The van der Waals surface area contributed by atoms with E-state index < -0.39 is 0 Å². The van der Waals surface area contributed by atoms with E-state index in [9.17, 15) is 9.59 Å². The first-order valence-electron chi connectivity index (χ1n) is 8.82. The number of pyridine rings is 1. The second-order valence-electron chi connectivity index (χ2n) is 6.97. The van der Waals surface area contributed by atoms with Crippen molar-refractivity contribution in [1.82, 2.24) is 15.6 Å². The number of fused-ring (bicyclic) bond motifs is 1. The van der Waals surface area contributed by atoms with Crippen molar-refractivity contribution >= 4 is 38.7 Å². The summed E-state index contributed by atoms with van der Waals surface area (Å²) in [5.74, 6) is -0.322. The van der Waals surface area contributed by atoms with Gasteiger partial charge in [-0.15, -0.1) is 0 Å². The van der Waals surface area contributed by atoms with Crippen LogP contribution in [0.25, 0.3) is 10.9 Å². The smallest absolute Gasteiger partial charge is 0.312 e. The third kappa shape index (κ3) is 3.10. The lowest BCUT2D eigenvalue weighted by atomic mass is 9.76. The maximum Gasteiger partial charge on any atom is 0.312 e. The average Bonchev–Trinajstić information content (AvgIpc) is 2.96. The molecule has 0 saturated carbocycles. The zero-order chi connectivity index (χ0) is 18.1. The summed E-state index contributed by atoms with van der Waals surface area (Å²) in [6.45, 7) is 2.00. The van der Waals surface area contributed by atoms with E-state index in [0.717, 1.165) is 35.8 Å². The number of cyclic esters (lactones) is 1. The van der Waals surface area contributed by atoms with Crippen LogP contribution in [0.1, 0.15) is 29.6 Å². The van der Waals surface area contributed by atoms with Gasteiger partial charge in [-0.05, 0) is 44.1 Å². The predicted octanol–water partition coefficient (Wildman–Crippen LogP) is 2.41. The molecule has 2 aromatic rings. The Morgan fingerprint density at radius 1 is 1.35 bits per heavy atom. The van der Waals surface area contributed by atoms with Crippen LogP contribution in [0.4, 0.5) is 0 Å². The SMILES string of the molecule is O=C(NCC1CC2(CCNCC2)C(=O)O1)c1ccc(Br)c2cccnc12. The molecular formula is C19H20BrN3O3. The van der Waals surface area contributed by atoms with Crippen LogP contribution < -0.4 is 10.6 Å². The number of ether oxygens (including phenoxy) is 1. The molecule has 3 heterocycles. The second kappa shape index (κ2) is 6.96. The van der Waals surface area contributed by atoms with Crippen molar-refractivity contribution in [1.29, 1.82) is 0 Å². The summed E-state index contributed by atoms with van der Waals surface area (Å²) in [6.07, 6.45) is 3.69. The number of amides is 1. The molecule has 0 bridgehead atoms. The molecule has 136 valence electrons. The minimum absolute atomic E-state index is 0.117. The summed E-state index contributed by atoms with van der Waals surface area (Å²) in [5.41, 5.74) is 0.800. The summed E-state index contributed by atoms with van der Waals surface area (Å²) in [7, 11) is 0. The number of piperidine rings is 1. The molecule has 7 heteroatoms. The van der Waals surface area contributed by atoms with Gasteiger partial charge in [-0.1, -0.05) is 22.0 Å². The molecular weight excluding hydrogens is 398 g/mol. The fourth-order valence-electron chi connectivity index (χ4n) is 3.89. The third-order valence-corrected chi connectivity index (χ3v) is 6.03. The van der Waals surface area contributed by atoms with E-state index in [4.69, 9.17) is 4.74 Å². The van der Waals surface area contributed by atoms with Gasteiger partial charge in [0, 0.05) is 22.5 Å². The van der Waals surface area contributed by atoms with E-state index in [0.29, 0.717) is 24.0 Å². The molecule has 1 unspecified atom stereocenters. The Bertz CT molecular complexity index is 864. The minimum atomic E-state index is -0.369. The van der Waals surface area contributed by atoms with E-state index in [2.05, 4.69) is 31.5 Å². The van der Waals surface area contributed by atoms with Crippen molar-refractivity contribution in [3.63, 3.8) is 0 Å². The Morgan fingerprint density at radius 2 is 2.15 bits per heavy atom. The van der Waals surface area contributed by atoms with Crippen molar-refractivity contribution in [2.24, 2.45) is 5.41 Å². The van der Waals surface area contributed by atoms with E-state index >= 15 is 0 Å². The highest BCUT2D eigenvalue weighted by Crippen LogP contribution is 2.41. The van der Waals surface area contributed by atoms with Gasteiger partial charge >= 0.3 is 5.97 Å². The molecule has 1 spiro atoms. The van der Waals surface area contributed by atoms with Gasteiger partial charge in [-0.2, -0.15) is 0 Å². The zero-order valence-electron chi connectivity index (χ0n) is 14.3. The molecule has 1 atom stereocenters. The van der Waals surface area contributed by atoms with Gasteiger partial charge in [0.25, 0.3) is 5.91 Å². The first kappa shape index (κ1) is 17.4. The van der Waals surface area contributed by atoms with Crippen molar-refractivity contribution in [3.05, 3.63) is 40.5 Å². The Hall–Kier alpha value is -1.99. The van der Waals surface area contributed by atoms with Gasteiger partial charge < -0.3 is 15.4 Å². The highest BCUT2D eigenvalue weighted by molar-refractivity contribution is 9.10. The first-order chi connectivity index (χ1) is 12.6. The lowest BCUT2D eigenvalue weighted by Gasteiger charge is -2.29. The summed E-state index contributed by atoms with van der Waals surface area (Å²) in [6, 6.07) is 7.36. The Balaban J connectivity index is 1.45. The molecule has 0 aliphatic carbocycles. The predicted molar refractivity (Wildman–Crippen MR) is 101 cm³/mol. The Kier molecular flexibility index (Phi) is 4.67. The number of hydrogen-bond acceptors (Lipinski definition) is 5. The molecule has 4 rings (SSSR count). The monoisotopic (exact) mass is 417 g/mol. The zero-order valence-corrected chi connectivity index (χ0v) is 15.8. The van der Waals surface area contributed by atoms with Crippen molar-refractivity contribution in [3.8, 4) is 0 Å². The van der Waals surface area contributed by atoms with Gasteiger partial charge in [0.2, 0.25) is 0 Å². The fraction of sp³-hybridized carbons (Fsp3) is 0.421. The number of halogens is 1. The number of esters is 1. The largest absolute Gasteiger partial charge is 0.460 e. The average molecular weight is 418 g/mol. The van der Waals surface area contributed by atoms with Gasteiger partial charge in [0.05, 0.1) is 23.0 Å². The van der Waals surface area contributed by atoms with Crippen LogP contribution in [0, 0.1) is 5.41 Å². The molecule has 6 nitrogen and oxygen atoms in total. The van der Waals surface area contributed by atoms with E-state index in [1.807, 2.05) is 18.2 Å². The first-order valence-corrected chi connectivity index (χ1v) is 9.62. The van der Waals surface area contributed by atoms with Gasteiger partial charge in [-0.25, -0.2) is 0 Å². The normalized spacial score (nSPS) is 21.7. The number of nitrogens with zero attached hydrogens (tertiary/aromatic N) is 1. The number of carbonyl (C=O) groups excluding carboxylic acids is 2. The molecule has 1 aromatic heterocycles. The third-order valence-electron chi connectivity index (χ3n) is 5.34. The quantitative estimate of drug-likeness (QED) is 0.749. The molecule has 1 amide bonds. The van der Waals surface area contributed by atoms with Crippen LogP contribution in [0.5, 0.6) is 0 Å². The fourth-order valence-corrected chi connectivity index (χ4v) is 4.34. The van der Waals surface area contributed by atoms with Crippen molar-refractivity contribution in [2.45, 2.75) is 25.4 Å². The maximum atomic E-state index is 12.7. The summed E-state index contributed by atoms with van der Waals surface area (Å²) < 4.78 is 6.44. The van der Waals surface area contributed by atoms with Crippen LogP contribution >= 0.6 is 15.9 Å². The topological polar surface area (TPSA) is 80.3 Å². The van der Waals surface area contributed by atoms with E-state index in [1.165, 1.54) is 0 Å². The number of benzene rings is 1. The number of nitrogens with one attached hydrogen (secondary N) is 2. The Morgan fingerprint density at radius 3 is 2.96 bits per heavy atom. The van der Waals surface area contributed by atoms with Crippen LogP contribution in [0.15, 0.2) is 34.9 Å². The molecule has 2 fully saturated rings. The molecule has 2 saturated heterocycles. The van der Waals surface area contributed by atoms with E-state index in [1.54, 1.807) is 12.3 Å². The number of aromatic nitrogens is 1. The number of carbonyl (C=O) groups is 2. The standard InChI is InChI=1S/C19H20BrN3O3/c20-15-4-3-14(16-13(15)2-1-7-22-16)17(24)23-11-12-10-19(18(25)26-12)5-8-21-9-6-19/h1-4,7,12,21H,5-6,8-11H2,(H,23,24). The summed E-state index contributed by atoms with van der Waals surface area (Å²) in [4.78, 5) is 29.3. The molecule has 2 aliphatic heterocycles. The highest BCUT2D eigenvalue weighted by atomic mass is 79.9. The Labute approximate surface area is 159 Å². The van der Waals surface area contributed by atoms with Crippen LogP contribution in [-0.4, -0.2) is 42.6 Å². The number of rotatable bonds is 3. The van der Waals surface area contributed by atoms with Crippen LogP contribution in [0.2, 0.25) is 0 Å². The molecule has 1 aromatic carbocycles. The van der Waals surface area contributed by atoms with Crippen LogP contribution in [0.3, 0.4) is 0 Å². The lowest BCUT2D eigenvalue weighted by Crippen LogP contribution is -2.39.